The summed E-state index contributed by atoms with van der Waals surface area (Å²) in [5.41, 5.74) is 0.284. The van der Waals surface area contributed by atoms with E-state index in [0.29, 0.717) is 18.1 Å². The predicted octanol–water partition coefficient (Wildman–Crippen LogP) is 3.26. The molecule has 0 unspecified atom stereocenters. The van der Waals surface area contributed by atoms with Crippen molar-refractivity contribution in [2.24, 2.45) is 0 Å². The number of aromatic nitrogens is 1. The van der Waals surface area contributed by atoms with Crippen LogP contribution in [0.1, 0.15) is 30.9 Å². The molecule has 25 heavy (non-hydrogen) atoms. The van der Waals surface area contributed by atoms with Gasteiger partial charge in [0.15, 0.2) is 24.0 Å². The zero-order chi connectivity index (χ0) is 18.0. The van der Waals surface area contributed by atoms with E-state index >= 15 is 0 Å². The number of anilines is 1. The summed E-state index contributed by atoms with van der Waals surface area (Å²) in [4.78, 5) is 2.88. The molecule has 1 aromatic carbocycles. The SMILES string of the molecule is N#CCOc1cc(F)c(NS(=O)(=O)c2c[nH]c(C3CCC3)c2)cc1F. The minimum absolute atomic E-state index is 0.0426. The van der Waals surface area contributed by atoms with Crippen molar-refractivity contribution in [3.05, 3.63) is 41.7 Å². The largest absolute Gasteiger partial charge is 0.476 e. The molecule has 2 aromatic rings. The lowest BCUT2D eigenvalue weighted by atomic mass is 9.83. The number of ether oxygens (including phenoxy) is 1. The van der Waals surface area contributed by atoms with E-state index in [2.05, 4.69) is 4.98 Å². The molecule has 9 heteroatoms. The van der Waals surface area contributed by atoms with Gasteiger partial charge in [-0.1, -0.05) is 6.42 Å². The van der Waals surface area contributed by atoms with E-state index in [1.165, 1.54) is 12.3 Å². The molecule has 2 N–H and O–H groups in total. The van der Waals surface area contributed by atoms with Gasteiger partial charge in [-0.05, 0) is 24.8 Å². The number of hydrogen-bond acceptors (Lipinski definition) is 4. The number of hydrogen-bond donors (Lipinski definition) is 2. The van der Waals surface area contributed by atoms with E-state index in [-0.39, 0.29) is 4.90 Å². The number of halogens is 2. The highest BCUT2D eigenvalue weighted by Gasteiger charge is 2.25. The first kappa shape index (κ1) is 17.2. The lowest BCUT2D eigenvalue weighted by Gasteiger charge is -2.23. The van der Waals surface area contributed by atoms with Gasteiger partial charge in [0.05, 0.1) is 5.69 Å². The van der Waals surface area contributed by atoms with Crippen LogP contribution in [0.4, 0.5) is 14.5 Å². The van der Waals surface area contributed by atoms with Gasteiger partial charge in [0, 0.05) is 24.0 Å². The molecule has 1 aromatic heterocycles. The van der Waals surface area contributed by atoms with Crippen LogP contribution in [-0.2, 0) is 10.0 Å². The summed E-state index contributed by atoms with van der Waals surface area (Å²) in [5.74, 6) is -2.13. The summed E-state index contributed by atoms with van der Waals surface area (Å²) in [6.45, 7) is -0.450. The third kappa shape index (κ3) is 3.58. The van der Waals surface area contributed by atoms with Crippen LogP contribution >= 0.6 is 0 Å². The maximum Gasteiger partial charge on any atom is 0.263 e. The normalized spacial score (nSPS) is 14.6. The Hall–Kier alpha value is -2.60. The van der Waals surface area contributed by atoms with Crippen molar-refractivity contribution >= 4 is 15.7 Å². The van der Waals surface area contributed by atoms with Crippen LogP contribution in [-0.4, -0.2) is 20.0 Å². The summed E-state index contributed by atoms with van der Waals surface area (Å²) in [6, 6.07) is 4.51. The van der Waals surface area contributed by atoms with Crippen molar-refractivity contribution in [2.75, 3.05) is 11.3 Å². The Balaban J connectivity index is 1.81. The Kier molecular flexibility index (Phi) is 4.63. The van der Waals surface area contributed by atoms with Gasteiger partial charge >= 0.3 is 0 Å². The third-order valence-electron chi connectivity index (χ3n) is 4.09. The molecule has 0 saturated heterocycles. The van der Waals surface area contributed by atoms with Gasteiger partial charge in [0.25, 0.3) is 10.0 Å². The Morgan fingerprint density at radius 3 is 2.68 bits per heavy atom. The van der Waals surface area contributed by atoms with Crippen LogP contribution in [0.25, 0.3) is 0 Å². The van der Waals surface area contributed by atoms with Gasteiger partial charge in [0.1, 0.15) is 11.0 Å². The average molecular weight is 367 g/mol. The zero-order valence-corrected chi connectivity index (χ0v) is 13.9. The summed E-state index contributed by atoms with van der Waals surface area (Å²) >= 11 is 0. The zero-order valence-electron chi connectivity index (χ0n) is 13.1. The van der Waals surface area contributed by atoms with Crippen LogP contribution < -0.4 is 9.46 Å². The first-order chi connectivity index (χ1) is 11.9. The summed E-state index contributed by atoms with van der Waals surface area (Å²) in [7, 11) is -4.06. The molecule has 0 amide bonds. The molecule has 1 saturated carbocycles. The topological polar surface area (TPSA) is 95.0 Å². The second-order valence-electron chi connectivity index (χ2n) is 5.73. The van der Waals surface area contributed by atoms with Crippen molar-refractivity contribution in [3.63, 3.8) is 0 Å². The molecular formula is C16H15F2N3O3S. The number of aromatic amines is 1. The Bertz CT molecular complexity index is 931. The van der Waals surface area contributed by atoms with Crippen molar-refractivity contribution < 1.29 is 21.9 Å². The van der Waals surface area contributed by atoms with Crippen molar-refractivity contribution in [1.29, 1.82) is 5.26 Å². The van der Waals surface area contributed by atoms with E-state index in [4.69, 9.17) is 10.00 Å². The molecule has 0 radical (unpaired) electrons. The maximum atomic E-state index is 14.0. The number of sulfonamides is 1. The number of nitrogens with one attached hydrogen (secondary N) is 2. The molecule has 6 nitrogen and oxygen atoms in total. The van der Waals surface area contributed by atoms with Crippen LogP contribution in [0.3, 0.4) is 0 Å². The predicted molar refractivity (Wildman–Crippen MR) is 85.7 cm³/mol. The Morgan fingerprint density at radius 1 is 1.28 bits per heavy atom. The molecule has 0 atom stereocenters. The second-order valence-corrected chi connectivity index (χ2v) is 7.42. The number of nitrogens with zero attached hydrogens (tertiary/aromatic N) is 1. The van der Waals surface area contributed by atoms with Gasteiger partial charge in [-0.2, -0.15) is 5.26 Å². The van der Waals surface area contributed by atoms with Crippen molar-refractivity contribution in [1.82, 2.24) is 4.98 Å². The average Bonchev–Trinajstić information content (AvgIpc) is 2.97. The fourth-order valence-corrected chi connectivity index (χ4v) is 3.59. The molecule has 1 heterocycles. The molecule has 0 aliphatic heterocycles. The van der Waals surface area contributed by atoms with E-state index < -0.39 is 39.7 Å². The van der Waals surface area contributed by atoms with Gasteiger partial charge < -0.3 is 9.72 Å². The second kappa shape index (κ2) is 6.72. The quantitative estimate of drug-likeness (QED) is 0.819. The molecule has 1 fully saturated rings. The summed E-state index contributed by atoms with van der Waals surface area (Å²) in [6.07, 6.45) is 4.43. The molecule has 1 aliphatic rings. The standard InChI is InChI=1S/C16H15F2N3O3S/c17-12-8-16(24-5-4-19)13(18)7-15(12)21-25(22,23)11-6-14(20-9-11)10-2-1-3-10/h6-10,20-21H,1-3,5H2. The minimum Gasteiger partial charge on any atom is -0.476 e. The monoisotopic (exact) mass is 367 g/mol. The smallest absolute Gasteiger partial charge is 0.263 e. The number of H-pyrrole nitrogens is 1. The molecule has 132 valence electrons. The van der Waals surface area contributed by atoms with Crippen molar-refractivity contribution in [3.8, 4) is 11.8 Å². The molecule has 0 bridgehead atoms. The maximum absolute atomic E-state index is 14.0. The lowest BCUT2D eigenvalue weighted by Crippen LogP contribution is -2.14. The molecule has 3 rings (SSSR count). The number of nitriles is 1. The first-order valence-corrected chi connectivity index (χ1v) is 9.09. The highest BCUT2D eigenvalue weighted by molar-refractivity contribution is 7.92. The van der Waals surface area contributed by atoms with Crippen LogP contribution in [0.15, 0.2) is 29.3 Å². The van der Waals surface area contributed by atoms with E-state index in [0.717, 1.165) is 25.0 Å². The highest BCUT2D eigenvalue weighted by atomic mass is 32.2. The van der Waals surface area contributed by atoms with E-state index in [9.17, 15) is 17.2 Å². The number of rotatable bonds is 6. The summed E-state index contributed by atoms with van der Waals surface area (Å²) < 4.78 is 59.4. The Morgan fingerprint density at radius 2 is 2.04 bits per heavy atom. The Labute approximate surface area is 143 Å². The van der Waals surface area contributed by atoms with E-state index in [1.54, 1.807) is 6.07 Å². The van der Waals surface area contributed by atoms with Gasteiger partial charge in [0.2, 0.25) is 0 Å². The highest BCUT2D eigenvalue weighted by Crippen LogP contribution is 2.36. The molecular weight excluding hydrogens is 352 g/mol. The minimum atomic E-state index is -4.06. The van der Waals surface area contributed by atoms with Crippen LogP contribution in [0.2, 0.25) is 0 Å². The molecule has 1 aliphatic carbocycles. The van der Waals surface area contributed by atoms with Gasteiger partial charge in [-0.15, -0.1) is 0 Å². The van der Waals surface area contributed by atoms with Gasteiger partial charge in [-0.3, -0.25) is 4.72 Å². The fourth-order valence-electron chi connectivity index (χ4n) is 2.53. The third-order valence-corrected chi connectivity index (χ3v) is 5.44. The number of benzene rings is 1. The molecule has 0 spiro atoms. The lowest BCUT2D eigenvalue weighted by molar-refractivity contribution is 0.344. The van der Waals surface area contributed by atoms with E-state index in [1.807, 2.05) is 4.72 Å². The van der Waals surface area contributed by atoms with Crippen LogP contribution in [0.5, 0.6) is 5.75 Å². The van der Waals surface area contributed by atoms with Gasteiger partial charge in [-0.25, -0.2) is 17.2 Å². The first-order valence-electron chi connectivity index (χ1n) is 7.60. The van der Waals surface area contributed by atoms with Crippen molar-refractivity contribution in [2.45, 2.75) is 30.1 Å². The van der Waals surface area contributed by atoms with Crippen LogP contribution in [0, 0.1) is 23.0 Å². The fraction of sp³-hybridized carbons (Fsp3) is 0.312. The summed E-state index contributed by atoms with van der Waals surface area (Å²) in [5, 5.41) is 8.40.